The summed E-state index contributed by atoms with van der Waals surface area (Å²) in [7, 11) is 6.93. The number of primary amides is 1. The summed E-state index contributed by atoms with van der Waals surface area (Å²) in [5.41, 5.74) is 4.06. The molecule has 0 unspecified atom stereocenters. The number of benzene rings is 1. The number of phenols is 1. The number of nitrogens with two attached hydrogens (primary N) is 1. The van der Waals surface area contributed by atoms with Crippen LogP contribution in [0, 0.1) is 11.8 Å². The number of ketones is 2. The van der Waals surface area contributed by atoms with Crippen LogP contribution in [0.3, 0.4) is 0 Å². The van der Waals surface area contributed by atoms with Crippen molar-refractivity contribution < 1.29 is 34.8 Å². The third-order valence-electron chi connectivity index (χ3n) is 8.93. The molecule has 0 aromatic heterocycles. The second-order valence-corrected chi connectivity index (χ2v) is 12.0. The molecular weight excluding hydrogens is 504 g/mol. The third kappa shape index (κ3) is 3.86. The van der Waals surface area contributed by atoms with E-state index in [1.54, 1.807) is 20.2 Å². The van der Waals surface area contributed by atoms with Crippen molar-refractivity contribution in [2.24, 2.45) is 17.6 Å². The molecule has 39 heavy (non-hydrogen) atoms. The van der Waals surface area contributed by atoms with Crippen molar-refractivity contribution in [3.05, 3.63) is 45.4 Å². The fourth-order valence-corrected chi connectivity index (χ4v) is 6.74. The number of aromatic hydroxyl groups is 1. The summed E-state index contributed by atoms with van der Waals surface area (Å²) in [5, 5.41) is 48.6. The zero-order valence-electron chi connectivity index (χ0n) is 22.8. The van der Waals surface area contributed by atoms with E-state index in [4.69, 9.17) is 5.73 Å². The number of aliphatic hydroxyl groups is 3. The quantitative estimate of drug-likeness (QED) is 0.283. The molecule has 0 spiro atoms. The Morgan fingerprint density at radius 1 is 1.15 bits per heavy atom. The van der Waals surface area contributed by atoms with Crippen LogP contribution in [0.4, 0.5) is 5.69 Å². The van der Waals surface area contributed by atoms with E-state index in [9.17, 15) is 34.8 Å². The van der Waals surface area contributed by atoms with Crippen molar-refractivity contribution in [1.82, 2.24) is 10.2 Å². The molecule has 0 heterocycles. The van der Waals surface area contributed by atoms with Crippen LogP contribution in [0.15, 0.2) is 28.7 Å². The van der Waals surface area contributed by atoms with Gasteiger partial charge in [-0.2, -0.15) is 0 Å². The van der Waals surface area contributed by atoms with Gasteiger partial charge in [-0.25, -0.2) is 0 Å². The topological polar surface area (TPSA) is 177 Å². The minimum absolute atomic E-state index is 0.0147. The highest BCUT2D eigenvalue weighted by atomic mass is 16.3. The number of Topliss-reactive ketones (excluding diaryl/α,β-unsaturated/α-hetero) is 2. The molecule has 1 aromatic carbocycles. The Bertz CT molecular complexity index is 1370. The summed E-state index contributed by atoms with van der Waals surface area (Å²) < 4.78 is 0. The zero-order chi connectivity index (χ0) is 28.8. The summed E-state index contributed by atoms with van der Waals surface area (Å²) in [6.07, 6.45) is 2.43. The molecule has 11 heteroatoms. The first kappa shape index (κ1) is 27.2. The standard InChI is InChI=1S/C28H36N4O7/c1-27(6-7-27)30-11-13-10-16(33)18-14(20(13)31(2)3)8-12-9-15-21(32(4)5)23(35)19(26(29)38)25(37)28(15,39)24(36)17(12)22(18)34/h10,12,15,21,30,33,35-36,39H,6-9,11H2,1-5H3,(H2,29,38)/t12-,15-,21-,28-/m0/s1. The number of fused-ring (bicyclic) bond motifs is 3. The van der Waals surface area contributed by atoms with E-state index >= 15 is 0 Å². The van der Waals surface area contributed by atoms with Crippen LogP contribution in [0.2, 0.25) is 0 Å². The van der Waals surface area contributed by atoms with Crippen molar-refractivity contribution in [1.29, 1.82) is 0 Å². The van der Waals surface area contributed by atoms with Gasteiger partial charge in [-0.1, -0.05) is 0 Å². The maximum absolute atomic E-state index is 13.9. The summed E-state index contributed by atoms with van der Waals surface area (Å²) in [5.74, 6) is -6.54. The number of amides is 1. The molecule has 0 saturated heterocycles. The number of aliphatic hydroxyl groups excluding tert-OH is 2. The van der Waals surface area contributed by atoms with E-state index in [2.05, 4.69) is 12.2 Å². The van der Waals surface area contributed by atoms with Gasteiger partial charge < -0.3 is 36.4 Å². The lowest BCUT2D eigenvalue weighted by molar-refractivity contribution is -0.148. The minimum Gasteiger partial charge on any atom is -0.510 e. The minimum atomic E-state index is -2.64. The number of anilines is 1. The number of carbonyl (C=O) groups is 3. The third-order valence-corrected chi connectivity index (χ3v) is 8.93. The Morgan fingerprint density at radius 2 is 1.79 bits per heavy atom. The molecule has 11 nitrogen and oxygen atoms in total. The van der Waals surface area contributed by atoms with Crippen molar-refractivity contribution in [3.63, 3.8) is 0 Å². The molecule has 0 radical (unpaired) electrons. The first-order valence-corrected chi connectivity index (χ1v) is 13.1. The van der Waals surface area contributed by atoms with Gasteiger partial charge in [-0.3, -0.25) is 19.3 Å². The van der Waals surface area contributed by atoms with E-state index in [-0.39, 0.29) is 35.3 Å². The van der Waals surface area contributed by atoms with Crippen molar-refractivity contribution >= 4 is 23.2 Å². The van der Waals surface area contributed by atoms with E-state index in [0.29, 0.717) is 12.1 Å². The highest BCUT2D eigenvalue weighted by Crippen LogP contribution is 2.53. The maximum Gasteiger partial charge on any atom is 0.255 e. The van der Waals surface area contributed by atoms with Gasteiger partial charge in [-0.05, 0) is 69.8 Å². The number of likely N-dealkylation sites (N-methyl/N-ethyl adjacent to an activating group) is 1. The molecule has 4 aliphatic carbocycles. The molecule has 1 amide bonds. The number of hydrogen-bond donors (Lipinski definition) is 6. The number of phenolic OH excluding ortho intramolecular Hbond substituents is 1. The Morgan fingerprint density at radius 3 is 2.33 bits per heavy atom. The Kier molecular flexibility index (Phi) is 6.13. The SMILES string of the molecule is CN(C)c1c(CNC2(C)CC2)cc(O)c2c1C[C@H]1C[C@H]3[C@H](N(C)C)C(O)=C(C(N)=O)C(=O)[C@@]3(O)C(O)=C1C2=O. The molecule has 4 aliphatic rings. The number of hydrogen-bond acceptors (Lipinski definition) is 10. The van der Waals surface area contributed by atoms with Gasteiger partial charge in [0.05, 0.1) is 11.6 Å². The number of nitrogens with one attached hydrogen (secondary N) is 1. The highest BCUT2D eigenvalue weighted by molar-refractivity contribution is 6.24. The molecule has 1 saturated carbocycles. The van der Waals surface area contributed by atoms with Crippen LogP contribution in [0.1, 0.15) is 47.7 Å². The number of rotatable bonds is 6. The van der Waals surface area contributed by atoms with Gasteiger partial charge in [0.1, 0.15) is 22.8 Å². The lowest BCUT2D eigenvalue weighted by Gasteiger charge is -2.50. The predicted octanol–water partition coefficient (Wildman–Crippen LogP) is 0.829. The van der Waals surface area contributed by atoms with Gasteiger partial charge in [-0.15, -0.1) is 0 Å². The van der Waals surface area contributed by atoms with Crippen LogP contribution < -0.4 is 16.0 Å². The van der Waals surface area contributed by atoms with Crippen LogP contribution in [0.5, 0.6) is 5.75 Å². The number of nitrogens with zero attached hydrogens (tertiary/aromatic N) is 2. The lowest BCUT2D eigenvalue weighted by Crippen LogP contribution is -2.63. The van der Waals surface area contributed by atoms with E-state index in [1.165, 1.54) is 4.90 Å². The molecule has 4 atom stereocenters. The number of carbonyl (C=O) groups excluding carboxylic acids is 3. The van der Waals surface area contributed by atoms with E-state index < -0.39 is 58.0 Å². The summed E-state index contributed by atoms with van der Waals surface area (Å²) in [6.45, 7) is 2.62. The van der Waals surface area contributed by atoms with E-state index in [0.717, 1.165) is 24.1 Å². The second kappa shape index (κ2) is 8.80. The van der Waals surface area contributed by atoms with Gasteiger partial charge >= 0.3 is 0 Å². The Balaban J connectivity index is 1.67. The molecule has 210 valence electrons. The van der Waals surface area contributed by atoms with Crippen molar-refractivity contribution in [3.8, 4) is 5.75 Å². The van der Waals surface area contributed by atoms with Gasteiger partial charge in [0.2, 0.25) is 5.78 Å². The van der Waals surface area contributed by atoms with Crippen molar-refractivity contribution in [2.45, 2.75) is 56.3 Å². The summed E-state index contributed by atoms with van der Waals surface area (Å²) >= 11 is 0. The monoisotopic (exact) mass is 540 g/mol. The smallest absolute Gasteiger partial charge is 0.255 e. The zero-order valence-corrected chi connectivity index (χ0v) is 22.8. The predicted molar refractivity (Wildman–Crippen MR) is 142 cm³/mol. The Hall–Kier alpha value is -3.41. The summed E-state index contributed by atoms with van der Waals surface area (Å²) in [4.78, 5) is 42.9. The average Bonchev–Trinajstić information content (AvgIpc) is 3.56. The first-order valence-electron chi connectivity index (χ1n) is 13.1. The fraction of sp³-hybridized carbons (Fsp3) is 0.536. The average molecular weight is 541 g/mol. The molecule has 0 bridgehead atoms. The Labute approximate surface area is 226 Å². The van der Waals surface area contributed by atoms with Crippen LogP contribution in [-0.2, 0) is 22.6 Å². The van der Waals surface area contributed by atoms with Crippen LogP contribution >= 0.6 is 0 Å². The van der Waals surface area contributed by atoms with E-state index in [1.807, 2.05) is 19.0 Å². The normalized spacial score (nSPS) is 29.3. The van der Waals surface area contributed by atoms with Crippen LogP contribution in [0.25, 0.3) is 0 Å². The fourth-order valence-electron chi connectivity index (χ4n) is 6.74. The van der Waals surface area contributed by atoms with Crippen molar-refractivity contribution in [2.75, 3.05) is 33.1 Å². The highest BCUT2D eigenvalue weighted by Gasteiger charge is 2.63. The molecular formula is C28H36N4O7. The molecule has 5 rings (SSSR count). The van der Waals surface area contributed by atoms with Gasteiger partial charge in [0.15, 0.2) is 11.4 Å². The summed E-state index contributed by atoms with van der Waals surface area (Å²) in [6, 6.07) is 0.523. The molecule has 0 aliphatic heterocycles. The van der Waals surface area contributed by atoms with Crippen LogP contribution in [-0.4, -0.2) is 88.2 Å². The van der Waals surface area contributed by atoms with Gasteiger partial charge in [0, 0.05) is 43.4 Å². The largest absolute Gasteiger partial charge is 0.510 e. The second-order valence-electron chi connectivity index (χ2n) is 12.0. The maximum atomic E-state index is 13.9. The molecule has 7 N–H and O–H groups in total. The van der Waals surface area contributed by atoms with Gasteiger partial charge in [0.25, 0.3) is 5.91 Å². The lowest BCUT2D eigenvalue weighted by atomic mass is 9.58. The first-order chi connectivity index (χ1) is 18.1. The molecule has 1 aromatic rings. The number of allylic oxidation sites excluding steroid dienone is 1. The molecule has 1 fully saturated rings.